The van der Waals surface area contributed by atoms with Gasteiger partial charge in [0.05, 0.1) is 11.6 Å². The molecule has 0 fully saturated rings. The van der Waals surface area contributed by atoms with Crippen molar-refractivity contribution in [2.45, 2.75) is 33.1 Å². The van der Waals surface area contributed by atoms with Gasteiger partial charge >= 0.3 is 5.97 Å². The molecule has 8 heteroatoms. The van der Waals surface area contributed by atoms with Gasteiger partial charge < -0.3 is 9.63 Å². The van der Waals surface area contributed by atoms with Crippen LogP contribution in [0.3, 0.4) is 0 Å². The number of H-pyrrole nitrogens is 1. The Morgan fingerprint density at radius 1 is 1.47 bits per heavy atom. The van der Waals surface area contributed by atoms with Crippen molar-refractivity contribution in [3.05, 3.63) is 12.1 Å². The molecule has 0 atom stereocenters. The summed E-state index contributed by atoms with van der Waals surface area (Å²) in [6.07, 6.45) is 2.68. The molecular weight excluding hydrogens is 250 g/mol. The van der Waals surface area contributed by atoms with Gasteiger partial charge in [0.2, 0.25) is 11.7 Å². The van der Waals surface area contributed by atoms with E-state index in [1.807, 2.05) is 13.8 Å². The number of carbonyl (C=O) groups is 1. The first-order chi connectivity index (χ1) is 9.11. The van der Waals surface area contributed by atoms with Crippen molar-refractivity contribution in [3.63, 3.8) is 0 Å². The molecule has 2 aromatic heterocycles. The second kappa shape index (κ2) is 5.17. The van der Waals surface area contributed by atoms with E-state index in [-0.39, 0.29) is 6.42 Å². The highest BCUT2D eigenvalue weighted by atomic mass is 16.5. The Morgan fingerprint density at radius 2 is 2.21 bits per heavy atom. The van der Waals surface area contributed by atoms with E-state index in [2.05, 4.69) is 25.6 Å². The van der Waals surface area contributed by atoms with Gasteiger partial charge in [-0.3, -0.25) is 4.79 Å². The molecular formula is C11H15N5O3. The minimum absolute atomic E-state index is 0.209. The molecule has 0 aliphatic heterocycles. The van der Waals surface area contributed by atoms with Gasteiger partial charge in [-0.1, -0.05) is 19.0 Å². The molecule has 0 amide bonds. The van der Waals surface area contributed by atoms with E-state index in [1.165, 1.54) is 6.20 Å². The largest absolute Gasteiger partial charge is 0.481 e. The van der Waals surface area contributed by atoms with Gasteiger partial charge in [0.15, 0.2) is 5.69 Å². The summed E-state index contributed by atoms with van der Waals surface area (Å²) >= 11 is 0. The maximum atomic E-state index is 11.4. The fourth-order valence-electron chi connectivity index (χ4n) is 1.91. The predicted molar refractivity (Wildman–Crippen MR) is 64.0 cm³/mol. The molecule has 102 valence electrons. The number of nitrogens with zero attached hydrogens (tertiary/aromatic N) is 4. The highest BCUT2D eigenvalue weighted by Crippen LogP contribution is 2.31. The first-order valence-corrected chi connectivity index (χ1v) is 6.03. The highest BCUT2D eigenvalue weighted by molar-refractivity contribution is 5.74. The van der Waals surface area contributed by atoms with Crippen molar-refractivity contribution in [3.8, 4) is 11.5 Å². The summed E-state index contributed by atoms with van der Waals surface area (Å²) in [5.74, 6) is -0.252. The van der Waals surface area contributed by atoms with Crippen molar-refractivity contribution in [2.24, 2.45) is 5.41 Å². The summed E-state index contributed by atoms with van der Waals surface area (Å²) in [4.78, 5) is 15.6. The Kier molecular flexibility index (Phi) is 3.59. The summed E-state index contributed by atoms with van der Waals surface area (Å²) in [6, 6.07) is 0. The minimum atomic E-state index is -0.867. The van der Waals surface area contributed by atoms with Crippen LogP contribution >= 0.6 is 0 Å². The lowest BCUT2D eigenvalue weighted by Gasteiger charge is -2.24. The predicted octanol–water partition coefficient (Wildman–Crippen LogP) is 1.29. The van der Waals surface area contributed by atoms with E-state index in [1.54, 1.807) is 0 Å². The number of carboxylic acids is 1. The van der Waals surface area contributed by atoms with Crippen LogP contribution < -0.4 is 0 Å². The zero-order valence-corrected chi connectivity index (χ0v) is 10.8. The van der Waals surface area contributed by atoms with Gasteiger partial charge in [-0.2, -0.15) is 20.4 Å². The molecule has 19 heavy (non-hydrogen) atoms. The standard InChI is InChI=1S/C11H15N5O3/c1-3-11(4-2,10(17)18)5-8-13-9(15-19-8)7-6-12-16-14-7/h6H,3-5H2,1-2H3,(H,17,18)(H,12,14,16). The molecule has 2 rings (SSSR count). The summed E-state index contributed by atoms with van der Waals surface area (Å²) in [5, 5.41) is 23.1. The van der Waals surface area contributed by atoms with Gasteiger partial charge in [-0.25, -0.2) is 0 Å². The molecule has 0 unspecified atom stereocenters. The number of aromatic nitrogens is 5. The normalized spacial score (nSPS) is 11.7. The maximum Gasteiger partial charge on any atom is 0.310 e. The molecule has 8 nitrogen and oxygen atoms in total. The quantitative estimate of drug-likeness (QED) is 0.807. The maximum absolute atomic E-state index is 11.4. The number of carboxylic acid groups (broad SMARTS) is 1. The summed E-state index contributed by atoms with van der Waals surface area (Å²) < 4.78 is 5.09. The van der Waals surface area contributed by atoms with Crippen LogP contribution in [0.5, 0.6) is 0 Å². The molecule has 0 aromatic carbocycles. The Bertz CT molecular complexity index is 544. The van der Waals surface area contributed by atoms with Crippen LogP contribution in [-0.4, -0.2) is 36.6 Å². The van der Waals surface area contributed by atoms with E-state index >= 15 is 0 Å². The van der Waals surface area contributed by atoms with Crippen molar-refractivity contribution in [1.29, 1.82) is 0 Å². The Morgan fingerprint density at radius 3 is 2.74 bits per heavy atom. The Hall–Kier alpha value is -2.25. The van der Waals surface area contributed by atoms with E-state index < -0.39 is 11.4 Å². The van der Waals surface area contributed by atoms with Gasteiger partial charge in [0, 0.05) is 6.42 Å². The van der Waals surface area contributed by atoms with Gasteiger partial charge in [-0.05, 0) is 12.8 Å². The molecule has 0 saturated heterocycles. The number of aliphatic carboxylic acids is 1. The van der Waals surface area contributed by atoms with Crippen LogP contribution in [0.2, 0.25) is 0 Å². The molecule has 2 N–H and O–H groups in total. The van der Waals surface area contributed by atoms with Crippen LogP contribution in [0.15, 0.2) is 10.7 Å². The van der Waals surface area contributed by atoms with Crippen LogP contribution in [0.25, 0.3) is 11.5 Å². The number of hydrogen-bond donors (Lipinski definition) is 2. The van der Waals surface area contributed by atoms with E-state index in [0.29, 0.717) is 30.3 Å². The third-order valence-corrected chi connectivity index (χ3v) is 3.41. The van der Waals surface area contributed by atoms with Gasteiger partial charge in [0.1, 0.15) is 0 Å². The summed E-state index contributed by atoms with van der Waals surface area (Å²) in [6.45, 7) is 3.68. The molecule has 2 aromatic rings. The highest BCUT2D eigenvalue weighted by Gasteiger charge is 2.37. The Labute approximate surface area is 109 Å². The van der Waals surface area contributed by atoms with Crippen molar-refractivity contribution < 1.29 is 14.4 Å². The molecule has 2 heterocycles. The number of aromatic amines is 1. The van der Waals surface area contributed by atoms with Crippen molar-refractivity contribution in [1.82, 2.24) is 25.6 Å². The van der Waals surface area contributed by atoms with Gasteiger partial charge in [0.25, 0.3) is 0 Å². The summed E-state index contributed by atoms with van der Waals surface area (Å²) in [5.41, 5.74) is -0.405. The number of nitrogens with one attached hydrogen (secondary N) is 1. The first-order valence-electron chi connectivity index (χ1n) is 6.03. The molecule has 0 radical (unpaired) electrons. The fraction of sp³-hybridized carbons (Fsp3) is 0.545. The van der Waals surface area contributed by atoms with E-state index in [4.69, 9.17) is 4.52 Å². The summed E-state index contributed by atoms with van der Waals surface area (Å²) in [7, 11) is 0. The number of rotatable bonds is 6. The second-order valence-corrected chi connectivity index (χ2v) is 4.34. The third kappa shape index (κ3) is 2.47. The lowest BCUT2D eigenvalue weighted by molar-refractivity contribution is -0.149. The number of hydrogen-bond acceptors (Lipinski definition) is 6. The van der Waals surface area contributed by atoms with Crippen LogP contribution in [-0.2, 0) is 11.2 Å². The molecule has 0 bridgehead atoms. The molecule has 0 aliphatic carbocycles. The molecule has 0 aliphatic rings. The molecule has 0 saturated carbocycles. The van der Waals surface area contributed by atoms with E-state index in [0.717, 1.165) is 0 Å². The first kappa shape index (κ1) is 13.2. The smallest absolute Gasteiger partial charge is 0.310 e. The molecule has 0 spiro atoms. The monoisotopic (exact) mass is 265 g/mol. The zero-order valence-electron chi connectivity index (χ0n) is 10.8. The third-order valence-electron chi connectivity index (χ3n) is 3.41. The minimum Gasteiger partial charge on any atom is -0.481 e. The van der Waals surface area contributed by atoms with Gasteiger partial charge in [-0.15, -0.1) is 0 Å². The topological polar surface area (TPSA) is 118 Å². The van der Waals surface area contributed by atoms with Crippen LogP contribution in [0, 0.1) is 5.41 Å². The van der Waals surface area contributed by atoms with Crippen molar-refractivity contribution >= 4 is 5.97 Å². The average Bonchev–Trinajstić information content (AvgIpc) is 3.06. The average molecular weight is 265 g/mol. The van der Waals surface area contributed by atoms with Crippen molar-refractivity contribution in [2.75, 3.05) is 0 Å². The van der Waals surface area contributed by atoms with E-state index in [9.17, 15) is 9.90 Å². The Balaban J connectivity index is 2.22. The zero-order chi connectivity index (χ0) is 13.9. The second-order valence-electron chi connectivity index (χ2n) is 4.34. The lowest BCUT2D eigenvalue weighted by Crippen LogP contribution is -2.32. The SMILES string of the molecule is CCC(CC)(Cc1nc(-c2cn[nH]n2)no1)C(=O)O. The van der Waals surface area contributed by atoms with Crippen LogP contribution in [0.1, 0.15) is 32.6 Å². The fourth-order valence-corrected chi connectivity index (χ4v) is 1.91. The van der Waals surface area contributed by atoms with Crippen LogP contribution in [0.4, 0.5) is 0 Å². The lowest BCUT2D eigenvalue weighted by atomic mass is 9.79.